The maximum absolute atomic E-state index is 13.9. The first-order chi connectivity index (χ1) is 11.6. The first kappa shape index (κ1) is 15.9. The molecule has 0 atom stereocenters. The Morgan fingerprint density at radius 3 is 2.67 bits per heavy atom. The quantitative estimate of drug-likeness (QED) is 0.561. The number of nitrogens with zero attached hydrogens (tertiary/aromatic N) is 2. The van der Waals surface area contributed by atoms with Crippen LogP contribution in [0.2, 0.25) is 10.2 Å². The van der Waals surface area contributed by atoms with Gasteiger partial charge in [-0.15, -0.1) is 0 Å². The van der Waals surface area contributed by atoms with Crippen LogP contribution in [-0.4, -0.2) is 22.8 Å². The number of ether oxygens (including phenoxy) is 1. The van der Waals surface area contributed by atoms with Crippen molar-refractivity contribution in [1.82, 2.24) is 9.55 Å². The van der Waals surface area contributed by atoms with Crippen molar-refractivity contribution in [3.05, 3.63) is 52.5 Å². The van der Waals surface area contributed by atoms with E-state index in [-0.39, 0.29) is 5.02 Å². The SMILES string of the molecule is Fc1cc(-c2cn(C3CCOCC3)c3nc(Cl)ccc23)ccc1Cl. The molecular weight excluding hydrogens is 350 g/mol. The molecule has 1 fully saturated rings. The second kappa shape index (κ2) is 6.36. The standard InChI is InChI=1S/C18H15Cl2FN2O/c19-15-3-1-11(9-16(15)21)14-10-23(12-5-7-24-8-6-12)18-13(14)2-4-17(20)22-18/h1-4,9-10,12H,5-8H2. The molecule has 0 spiro atoms. The molecule has 0 N–H and O–H groups in total. The van der Waals surface area contributed by atoms with Crippen molar-refractivity contribution in [3.63, 3.8) is 0 Å². The Morgan fingerprint density at radius 1 is 1.12 bits per heavy atom. The van der Waals surface area contributed by atoms with Crippen molar-refractivity contribution >= 4 is 34.2 Å². The molecule has 0 radical (unpaired) electrons. The Bertz CT molecular complexity index is 903. The number of rotatable bonds is 2. The van der Waals surface area contributed by atoms with E-state index in [2.05, 4.69) is 9.55 Å². The molecule has 2 aromatic heterocycles. The summed E-state index contributed by atoms with van der Waals surface area (Å²) >= 11 is 11.9. The monoisotopic (exact) mass is 364 g/mol. The van der Waals surface area contributed by atoms with Crippen LogP contribution in [-0.2, 0) is 4.74 Å². The van der Waals surface area contributed by atoms with E-state index in [4.69, 9.17) is 27.9 Å². The van der Waals surface area contributed by atoms with Gasteiger partial charge >= 0.3 is 0 Å². The maximum Gasteiger partial charge on any atom is 0.142 e. The highest BCUT2D eigenvalue weighted by Crippen LogP contribution is 2.35. The number of halogens is 3. The summed E-state index contributed by atoms with van der Waals surface area (Å²) in [4.78, 5) is 4.50. The number of fused-ring (bicyclic) bond motifs is 1. The average molecular weight is 365 g/mol. The average Bonchev–Trinajstić information content (AvgIpc) is 2.97. The van der Waals surface area contributed by atoms with Gasteiger partial charge in [-0.2, -0.15) is 0 Å². The first-order valence-electron chi connectivity index (χ1n) is 7.84. The molecule has 3 heterocycles. The molecule has 24 heavy (non-hydrogen) atoms. The summed E-state index contributed by atoms with van der Waals surface area (Å²) in [6.07, 6.45) is 3.88. The normalized spacial score (nSPS) is 16.0. The summed E-state index contributed by atoms with van der Waals surface area (Å²) in [6, 6.07) is 8.85. The number of benzene rings is 1. The first-order valence-corrected chi connectivity index (χ1v) is 8.59. The van der Waals surface area contributed by atoms with Crippen LogP contribution in [0.25, 0.3) is 22.2 Å². The van der Waals surface area contributed by atoms with Gasteiger partial charge in [-0.3, -0.25) is 0 Å². The molecule has 0 unspecified atom stereocenters. The van der Waals surface area contributed by atoms with Crippen LogP contribution in [0, 0.1) is 5.82 Å². The van der Waals surface area contributed by atoms with Crippen molar-refractivity contribution in [1.29, 1.82) is 0 Å². The lowest BCUT2D eigenvalue weighted by Crippen LogP contribution is -2.19. The number of aromatic nitrogens is 2. The molecule has 1 aliphatic heterocycles. The maximum atomic E-state index is 13.9. The van der Waals surface area contributed by atoms with Gasteiger partial charge in [-0.1, -0.05) is 29.3 Å². The third kappa shape index (κ3) is 2.79. The zero-order chi connectivity index (χ0) is 16.7. The van der Waals surface area contributed by atoms with Gasteiger partial charge in [0, 0.05) is 36.4 Å². The van der Waals surface area contributed by atoms with Gasteiger partial charge in [0.1, 0.15) is 16.6 Å². The summed E-state index contributed by atoms with van der Waals surface area (Å²) in [5.74, 6) is -0.428. The van der Waals surface area contributed by atoms with E-state index in [0.29, 0.717) is 11.2 Å². The van der Waals surface area contributed by atoms with E-state index in [1.807, 2.05) is 18.3 Å². The minimum Gasteiger partial charge on any atom is -0.381 e. The fourth-order valence-corrected chi connectivity index (χ4v) is 3.50. The van der Waals surface area contributed by atoms with Crippen LogP contribution >= 0.6 is 23.2 Å². The van der Waals surface area contributed by atoms with Crippen molar-refractivity contribution in [3.8, 4) is 11.1 Å². The van der Waals surface area contributed by atoms with Gasteiger partial charge in [0.25, 0.3) is 0 Å². The van der Waals surface area contributed by atoms with Gasteiger partial charge in [0.05, 0.1) is 5.02 Å². The van der Waals surface area contributed by atoms with E-state index < -0.39 is 5.82 Å². The third-order valence-electron chi connectivity index (χ3n) is 4.46. The van der Waals surface area contributed by atoms with E-state index >= 15 is 0 Å². The summed E-state index contributed by atoms with van der Waals surface area (Å²) in [7, 11) is 0. The minimum absolute atomic E-state index is 0.119. The molecule has 0 aliphatic carbocycles. The Labute approximate surface area is 149 Å². The summed E-state index contributed by atoms with van der Waals surface area (Å²) in [5, 5.41) is 1.52. The van der Waals surface area contributed by atoms with E-state index in [1.165, 1.54) is 6.07 Å². The van der Waals surface area contributed by atoms with Gasteiger partial charge in [0.2, 0.25) is 0 Å². The smallest absolute Gasteiger partial charge is 0.142 e. The molecule has 6 heteroatoms. The lowest BCUT2D eigenvalue weighted by atomic mass is 10.1. The summed E-state index contributed by atoms with van der Waals surface area (Å²) in [5.41, 5.74) is 2.52. The Morgan fingerprint density at radius 2 is 1.92 bits per heavy atom. The van der Waals surface area contributed by atoms with Crippen LogP contribution in [0.5, 0.6) is 0 Å². The Kier molecular flexibility index (Phi) is 4.21. The Balaban J connectivity index is 1.90. The molecule has 0 saturated carbocycles. The zero-order valence-corrected chi connectivity index (χ0v) is 14.3. The fraction of sp³-hybridized carbons (Fsp3) is 0.278. The van der Waals surface area contributed by atoms with Crippen LogP contribution in [0.3, 0.4) is 0 Å². The van der Waals surface area contributed by atoms with Crippen molar-refractivity contribution in [2.24, 2.45) is 0 Å². The highest BCUT2D eigenvalue weighted by atomic mass is 35.5. The van der Waals surface area contributed by atoms with Crippen molar-refractivity contribution in [2.75, 3.05) is 13.2 Å². The molecule has 124 valence electrons. The van der Waals surface area contributed by atoms with E-state index in [0.717, 1.165) is 48.2 Å². The second-order valence-corrected chi connectivity index (χ2v) is 6.72. The predicted molar refractivity (Wildman–Crippen MR) is 94.2 cm³/mol. The van der Waals surface area contributed by atoms with Gasteiger partial charge in [-0.25, -0.2) is 9.37 Å². The lowest BCUT2D eigenvalue weighted by Gasteiger charge is -2.24. The Hall–Kier alpha value is -1.62. The fourth-order valence-electron chi connectivity index (χ4n) is 3.24. The predicted octanol–water partition coefficient (Wildman–Crippen LogP) is 5.50. The van der Waals surface area contributed by atoms with Gasteiger partial charge in [0.15, 0.2) is 0 Å². The van der Waals surface area contributed by atoms with Gasteiger partial charge in [-0.05, 0) is 42.7 Å². The highest BCUT2D eigenvalue weighted by Gasteiger charge is 2.21. The number of pyridine rings is 1. The summed E-state index contributed by atoms with van der Waals surface area (Å²) in [6.45, 7) is 1.46. The molecule has 4 rings (SSSR count). The number of hydrogen-bond donors (Lipinski definition) is 0. The molecule has 1 saturated heterocycles. The molecular formula is C18H15Cl2FN2O. The molecule has 0 bridgehead atoms. The van der Waals surface area contributed by atoms with Crippen molar-refractivity contribution in [2.45, 2.75) is 18.9 Å². The van der Waals surface area contributed by atoms with Crippen LogP contribution in [0.1, 0.15) is 18.9 Å². The molecule has 3 aromatic rings. The highest BCUT2D eigenvalue weighted by molar-refractivity contribution is 6.31. The van der Waals surface area contributed by atoms with Crippen LogP contribution < -0.4 is 0 Å². The molecule has 3 nitrogen and oxygen atoms in total. The minimum atomic E-state index is -0.428. The number of hydrogen-bond acceptors (Lipinski definition) is 2. The molecule has 1 aliphatic rings. The van der Waals surface area contributed by atoms with Crippen LogP contribution in [0.15, 0.2) is 36.5 Å². The molecule has 1 aromatic carbocycles. The largest absolute Gasteiger partial charge is 0.381 e. The third-order valence-corrected chi connectivity index (χ3v) is 4.98. The van der Waals surface area contributed by atoms with E-state index in [9.17, 15) is 4.39 Å². The zero-order valence-electron chi connectivity index (χ0n) is 12.8. The van der Waals surface area contributed by atoms with Crippen LogP contribution in [0.4, 0.5) is 4.39 Å². The van der Waals surface area contributed by atoms with E-state index in [1.54, 1.807) is 12.1 Å². The van der Waals surface area contributed by atoms with Crippen molar-refractivity contribution < 1.29 is 9.13 Å². The second-order valence-electron chi connectivity index (χ2n) is 5.93. The lowest BCUT2D eigenvalue weighted by molar-refractivity contribution is 0.0706. The molecule has 0 amide bonds. The van der Waals surface area contributed by atoms with Gasteiger partial charge < -0.3 is 9.30 Å². The summed E-state index contributed by atoms with van der Waals surface area (Å²) < 4.78 is 21.5. The topological polar surface area (TPSA) is 27.1 Å².